The average Bonchev–Trinajstić information content (AvgIpc) is 2.62. The van der Waals surface area contributed by atoms with Gasteiger partial charge in [0.1, 0.15) is 5.82 Å². The van der Waals surface area contributed by atoms with Gasteiger partial charge in [0.05, 0.1) is 25.3 Å². The molecule has 0 spiro atoms. The number of aromatic nitrogens is 2. The molecule has 0 bridgehead atoms. The van der Waals surface area contributed by atoms with Crippen molar-refractivity contribution in [3.05, 3.63) is 48.2 Å². The number of hydrogen-bond acceptors (Lipinski definition) is 6. The lowest BCUT2D eigenvalue weighted by Gasteiger charge is -2.24. The van der Waals surface area contributed by atoms with Crippen molar-refractivity contribution in [3.8, 4) is 0 Å². The van der Waals surface area contributed by atoms with E-state index in [0.29, 0.717) is 12.6 Å². The minimum atomic E-state index is -0.232. The lowest BCUT2D eigenvalue weighted by molar-refractivity contribution is 0.0875. The van der Waals surface area contributed by atoms with Crippen LogP contribution in [0.1, 0.15) is 24.4 Å². The summed E-state index contributed by atoms with van der Waals surface area (Å²) in [4.78, 5) is 8.72. The summed E-state index contributed by atoms with van der Waals surface area (Å²) in [5, 5.41) is 16.2. The van der Waals surface area contributed by atoms with Gasteiger partial charge in [0.15, 0.2) is 0 Å². The molecular weight excluding hydrogens is 292 g/mol. The molecule has 1 aliphatic rings. The van der Waals surface area contributed by atoms with Crippen molar-refractivity contribution in [3.63, 3.8) is 0 Å². The molecule has 6 heteroatoms. The smallest absolute Gasteiger partial charge is 0.225 e. The van der Waals surface area contributed by atoms with E-state index in [1.165, 1.54) is 0 Å². The molecule has 6 nitrogen and oxygen atoms in total. The van der Waals surface area contributed by atoms with Crippen LogP contribution in [0.15, 0.2) is 42.6 Å². The van der Waals surface area contributed by atoms with Crippen LogP contribution in [-0.4, -0.2) is 40.9 Å². The van der Waals surface area contributed by atoms with Crippen molar-refractivity contribution in [1.29, 1.82) is 0 Å². The molecule has 1 aromatic carbocycles. The molecule has 1 saturated heterocycles. The van der Waals surface area contributed by atoms with Crippen LogP contribution in [0.2, 0.25) is 0 Å². The third kappa shape index (κ3) is 4.40. The molecule has 3 N–H and O–H groups in total. The molecule has 122 valence electrons. The molecule has 0 radical (unpaired) electrons. The molecule has 2 atom stereocenters. The molecule has 1 aliphatic heterocycles. The van der Waals surface area contributed by atoms with Crippen molar-refractivity contribution in [2.45, 2.75) is 24.9 Å². The normalized spacial score (nSPS) is 19.1. The van der Waals surface area contributed by atoms with Crippen molar-refractivity contribution in [1.82, 2.24) is 9.97 Å². The van der Waals surface area contributed by atoms with E-state index >= 15 is 0 Å². The largest absolute Gasteiger partial charge is 0.394 e. The van der Waals surface area contributed by atoms with E-state index in [2.05, 4.69) is 20.6 Å². The first-order valence-corrected chi connectivity index (χ1v) is 7.95. The third-order valence-electron chi connectivity index (χ3n) is 3.86. The van der Waals surface area contributed by atoms with Gasteiger partial charge in [0, 0.05) is 12.8 Å². The number of ether oxygens (including phenoxy) is 1. The van der Waals surface area contributed by atoms with Crippen LogP contribution >= 0.6 is 0 Å². The summed E-state index contributed by atoms with van der Waals surface area (Å²) in [5.74, 6) is 1.26. The zero-order valence-corrected chi connectivity index (χ0v) is 13.0. The predicted molar refractivity (Wildman–Crippen MR) is 89.4 cm³/mol. The highest BCUT2D eigenvalue weighted by Gasteiger charge is 2.15. The standard InChI is InChI=1S/C17H22N4O2/c22-11-15(13-5-2-1-3-6-13)20-17-18-9-8-16(21-17)19-14-7-4-10-23-12-14/h1-3,5-6,8-9,14-15,22H,4,7,10-12H2,(H2,18,19,20,21)/t14?,15-/m0/s1. The first kappa shape index (κ1) is 15.7. The number of anilines is 2. The van der Waals surface area contributed by atoms with Crippen molar-refractivity contribution >= 4 is 11.8 Å². The first-order chi connectivity index (χ1) is 11.3. The maximum Gasteiger partial charge on any atom is 0.225 e. The Morgan fingerprint density at radius 2 is 2.13 bits per heavy atom. The van der Waals surface area contributed by atoms with E-state index in [-0.39, 0.29) is 18.7 Å². The number of hydrogen-bond donors (Lipinski definition) is 3. The molecule has 23 heavy (non-hydrogen) atoms. The van der Waals surface area contributed by atoms with Crippen molar-refractivity contribution in [2.24, 2.45) is 0 Å². The summed E-state index contributed by atoms with van der Waals surface area (Å²) in [5.41, 5.74) is 0.998. The summed E-state index contributed by atoms with van der Waals surface area (Å²) < 4.78 is 5.47. The van der Waals surface area contributed by atoms with Gasteiger partial charge in [-0.2, -0.15) is 4.98 Å². The number of benzene rings is 1. The maximum atomic E-state index is 9.62. The average molecular weight is 314 g/mol. The topological polar surface area (TPSA) is 79.3 Å². The van der Waals surface area contributed by atoms with E-state index in [0.717, 1.165) is 30.8 Å². The highest BCUT2D eigenvalue weighted by molar-refractivity contribution is 5.42. The molecule has 2 heterocycles. The Balaban J connectivity index is 1.66. The van der Waals surface area contributed by atoms with Crippen LogP contribution in [0, 0.1) is 0 Å². The van der Waals surface area contributed by atoms with Crippen LogP contribution in [0.25, 0.3) is 0 Å². The maximum absolute atomic E-state index is 9.62. The lowest BCUT2D eigenvalue weighted by atomic mass is 10.1. The fourth-order valence-electron chi connectivity index (χ4n) is 2.65. The van der Waals surface area contributed by atoms with Gasteiger partial charge >= 0.3 is 0 Å². The lowest BCUT2D eigenvalue weighted by Crippen LogP contribution is -2.30. The van der Waals surface area contributed by atoms with Crippen LogP contribution in [0.4, 0.5) is 11.8 Å². The van der Waals surface area contributed by atoms with Gasteiger partial charge in [-0.15, -0.1) is 0 Å². The third-order valence-corrected chi connectivity index (χ3v) is 3.86. The van der Waals surface area contributed by atoms with E-state index < -0.39 is 0 Å². The molecule has 1 unspecified atom stereocenters. The van der Waals surface area contributed by atoms with E-state index in [1.807, 2.05) is 36.4 Å². The fourth-order valence-corrected chi connectivity index (χ4v) is 2.65. The van der Waals surface area contributed by atoms with E-state index in [1.54, 1.807) is 6.20 Å². The summed E-state index contributed by atoms with van der Waals surface area (Å²) >= 11 is 0. The van der Waals surface area contributed by atoms with Gasteiger partial charge in [-0.1, -0.05) is 30.3 Å². The van der Waals surface area contributed by atoms with Gasteiger partial charge in [-0.05, 0) is 24.5 Å². The van der Waals surface area contributed by atoms with Crippen LogP contribution in [0.5, 0.6) is 0 Å². The molecule has 1 fully saturated rings. The second-order valence-corrected chi connectivity index (χ2v) is 5.61. The quantitative estimate of drug-likeness (QED) is 0.759. The van der Waals surface area contributed by atoms with Crippen LogP contribution in [-0.2, 0) is 4.74 Å². The Kier molecular flexibility index (Phi) is 5.39. The number of aliphatic hydroxyl groups is 1. The molecule has 3 rings (SSSR count). The molecule has 2 aromatic rings. The second-order valence-electron chi connectivity index (χ2n) is 5.61. The number of rotatable bonds is 6. The summed E-state index contributed by atoms with van der Waals surface area (Å²) in [6.07, 6.45) is 3.85. The number of nitrogens with zero attached hydrogens (tertiary/aromatic N) is 2. The Morgan fingerprint density at radius 1 is 1.26 bits per heavy atom. The zero-order chi connectivity index (χ0) is 15.9. The van der Waals surface area contributed by atoms with E-state index in [4.69, 9.17) is 4.74 Å². The highest BCUT2D eigenvalue weighted by Crippen LogP contribution is 2.18. The summed E-state index contributed by atoms with van der Waals surface area (Å²) in [6, 6.07) is 11.7. The minimum absolute atomic E-state index is 0.0263. The zero-order valence-electron chi connectivity index (χ0n) is 13.0. The predicted octanol–water partition coefficient (Wildman–Crippen LogP) is 2.21. The van der Waals surface area contributed by atoms with Crippen LogP contribution < -0.4 is 10.6 Å². The Hall–Kier alpha value is -2.18. The Morgan fingerprint density at radius 3 is 2.87 bits per heavy atom. The van der Waals surface area contributed by atoms with Gasteiger partial charge in [0.2, 0.25) is 5.95 Å². The van der Waals surface area contributed by atoms with Crippen LogP contribution in [0.3, 0.4) is 0 Å². The molecule has 0 amide bonds. The highest BCUT2D eigenvalue weighted by atomic mass is 16.5. The minimum Gasteiger partial charge on any atom is -0.394 e. The second kappa shape index (κ2) is 7.89. The monoisotopic (exact) mass is 314 g/mol. The number of aliphatic hydroxyl groups excluding tert-OH is 1. The summed E-state index contributed by atoms with van der Waals surface area (Å²) in [6.45, 7) is 1.52. The molecule has 0 saturated carbocycles. The van der Waals surface area contributed by atoms with Crippen molar-refractivity contribution in [2.75, 3.05) is 30.5 Å². The molecular formula is C17H22N4O2. The van der Waals surface area contributed by atoms with Gasteiger partial charge < -0.3 is 20.5 Å². The van der Waals surface area contributed by atoms with Gasteiger partial charge in [0.25, 0.3) is 0 Å². The SMILES string of the molecule is OC[C@H](Nc1nccc(NC2CCCOC2)n1)c1ccccc1. The van der Waals surface area contributed by atoms with Gasteiger partial charge in [-0.25, -0.2) is 4.98 Å². The summed E-state index contributed by atoms with van der Waals surface area (Å²) in [7, 11) is 0. The Labute approximate surface area is 135 Å². The fraction of sp³-hybridized carbons (Fsp3) is 0.412. The first-order valence-electron chi connectivity index (χ1n) is 7.95. The molecule has 0 aliphatic carbocycles. The Bertz CT molecular complexity index is 603. The molecule has 1 aromatic heterocycles. The van der Waals surface area contributed by atoms with Crippen molar-refractivity contribution < 1.29 is 9.84 Å². The van der Waals surface area contributed by atoms with E-state index in [9.17, 15) is 5.11 Å². The number of nitrogens with one attached hydrogen (secondary N) is 2. The van der Waals surface area contributed by atoms with Gasteiger partial charge in [-0.3, -0.25) is 0 Å².